The molecule has 2 aliphatic rings. The molecule has 6 nitrogen and oxygen atoms in total. The van der Waals surface area contributed by atoms with E-state index in [9.17, 15) is 4.79 Å². The highest BCUT2D eigenvalue weighted by Gasteiger charge is 2.20. The first-order valence-corrected chi connectivity index (χ1v) is 10.5. The van der Waals surface area contributed by atoms with Crippen molar-refractivity contribution in [3.8, 4) is 0 Å². The van der Waals surface area contributed by atoms with Crippen molar-refractivity contribution in [1.29, 1.82) is 0 Å². The summed E-state index contributed by atoms with van der Waals surface area (Å²) < 4.78 is 1.85. The molecule has 4 rings (SSSR count). The Balaban J connectivity index is 1.23. The third-order valence-corrected chi connectivity index (χ3v) is 5.96. The predicted molar refractivity (Wildman–Crippen MR) is 111 cm³/mol. The molecule has 1 aromatic carbocycles. The van der Waals surface area contributed by atoms with E-state index in [0.717, 1.165) is 64.0 Å². The van der Waals surface area contributed by atoms with Crippen LogP contribution in [0.1, 0.15) is 36.8 Å². The Morgan fingerprint density at radius 3 is 2.43 bits per heavy atom. The number of rotatable bonds is 6. The molecule has 2 aliphatic heterocycles. The number of carbonyl (C=O) groups excluding carboxylic acids is 1. The fourth-order valence-corrected chi connectivity index (χ4v) is 4.24. The van der Waals surface area contributed by atoms with Gasteiger partial charge in [0.25, 0.3) is 0 Å². The fraction of sp³-hybridized carbons (Fsp3) is 0.545. The van der Waals surface area contributed by atoms with Crippen LogP contribution in [0.25, 0.3) is 0 Å². The van der Waals surface area contributed by atoms with Gasteiger partial charge in [0.1, 0.15) is 0 Å². The number of hydrogen-bond donors (Lipinski definition) is 1. The van der Waals surface area contributed by atoms with E-state index in [4.69, 9.17) is 0 Å². The Bertz CT molecular complexity index is 770. The van der Waals surface area contributed by atoms with Gasteiger partial charge in [-0.2, -0.15) is 5.10 Å². The minimum absolute atomic E-state index is 0.269. The summed E-state index contributed by atoms with van der Waals surface area (Å²) in [4.78, 5) is 16.8. The Kier molecular flexibility index (Phi) is 5.95. The zero-order valence-electron chi connectivity index (χ0n) is 16.8. The minimum atomic E-state index is 0.269. The molecule has 2 fully saturated rings. The average molecular weight is 382 g/mol. The number of hydrogen-bond acceptors (Lipinski definition) is 4. The van der Waals surface area contributed by atoms with E-state index >= 15 is 0 Å². The number of amides is 1. The molecule has 0 saturated carbocycles. The number of nitrogens with zero attached hydrogens (tertiary/aromatic N) is 4. The number of aromatic nitrogens is 2. The number of piperidine rings is 1. The lowest BCUT2D eigenvalue weighted by Crippen LogP contribution is -2.42. The molecule has 28 heavy (non-hydrogen) atoms. The van der Waals surface area contributed by atoms with E-state index in [-0.39, 0.29) is 5.91 Å². The van der Waals surface area contributed by atoms with Crippen LogP contribution in [0.15, 0.2) is 36.7 Å². The molecule has 1 aromatic heterocycles. The standard InChI is InChI=1S/C22H31N5O/c1-25-17-19(16-24-25)15-23-20-8-12-26(13-9-20)21-6-4-18(5-7-21)14-22(28)27-10-2-3-11-27/h4-7,16-17,20,23H,2-3,8-15H2,1H3. The molecule has 0 bridgehead atoms. The lowest BCUT2D eigenvalue weighted by molar-refractivity contribution is -0.129. The highest BCUT2D eigenvalue weighted by Crippen LogP contribution is 2.21. The molecule has 0 atom stereocenters. The van der Waals surface area contributed by atoms with Crippen molar-refractivity contribution >= 4 is 11.6 Å². The van der Waals surface area contributed by atoms with Crippen LogP contribution in [-0.2, 0) is 24.8 Å². The van der Waals surface area contributed by atoms with Crippen molar-refractivity contribution in [2.75, 3.05) is 31.1 Å². The van der Waals surface area contributed by atoms with Gasteiger partial charge in [-0.1, -0.05) is 12.1 Å². The molecule has 0 spiro atoms. The van der Waals surface area contributed by atoms with Gasteiger partial charge in [0.2, 0.25) is 5.91 Å². The summed E-state index contributed by atoms with van der Waals surface area (Å²) in [5.74, 6) is 0.269. The number of nitrogens with one attached hydrogen (secondary N) is 1. The number of anilines is 1. The number of aryl methyl sites for hydroxylation is 1. The smallest absolute Gasteiger partial charge is 0.226 e. The van der Waals surface area contributed by atoms with E-state index in [1.54, 1.807) is 0 Å². The monoisotopic (exact) mass is 381 g/mol. The molecule has 2 aromatic rings. The first kappa shape index (κ1) is 19.0. The molecule has 6 heteroatoms. The summed E-state index contributed by atoms with van der Waals surface area (Å²) in [5.41, 5.74) is 3.63. The van der Waals surface area contributed by atoms with Gasteiger partial charge >= 0.3 is 0 Å². The number of benzene rings is 1. The van der Waals surface area contributed by atoms with Crippen LogP contribution >= 0.6 is 0 Å². The van der Waals surface area contributed by atoms with Gasteiger partial charge in [-0.05, 0) is 43.4 Å². The zero-order chi connectivity index (χ0) is 19.3. The summed E-state index contributed by atoms with van der Waals surface area (Å²) in [6.45, 7) is 4.88. The van der Waals surface area contributed by atoms with Crippen molar-refractivity contribution in [1.82, 2.24) is 20.0 Å². The fourth-order valence-electron chi connectivity index (χ4n) is 4.24. The summed E-state index contributed by atoms with van der Waals surface area (Å²) in [6, 6.07) is 9.16. The van der Waals surface area contributed by atoms with E-state index < -0.39 is 0 Å². The maximum atomic E-state index is 12.3. The van der Waals surface area contributed by atoms with Crippen molar-refractivity contribution in [3.05, 3.63) is 47.8 Å². The van der Waals surface area contributed by atoms with Crippen LogP contribution in [0.4, 0.5) is 5.69 Å². The molecule has 3 heterocycles. The lowest BCUT2D eigenvalue weighted by Gasteiger charge is -2.34. The van der Waals surface area contributed by atoms with Gasteiger partial charge < -0.3 is 15.1 Å². The highest BCUT2D eigenvalue weighted by molar-refractivity contribution is 5.79. The summed E-state index contributed by atoms with van der Waals surface area (Å²) in [5, 5.41) is 7.88. The quantitative estimate of drug-likeness (QED) is 0.835. The Morgan fingerprint density at radius 1 is 1.07 bits per heavy atom. The Morgan fingerprint density at radius 2 is 1.79 bits per heavy atom. The van der Waals surface area contributed by atoms with Crippen molar-refractivity contribution in [3.63, 3.8) is 0 Å². The Hall–Kier alpha value is -2.34. The summed E-state index contributed by atoms with van der Waals surface area (Å²) >= 11 is 0. The van der Waals surface area contributed by atoms with E-state index in [1.807, 2.05) is 22.8 Å². The van der Waals surface area contributed by atoms with Crippen molar-refractivity contribution in [2.45, 2.75) is 44.7 Å². The second kappa shape index (κ2) is 8.78. The molecular formula is C22H31N5O. The van der Waals surface area contributed by atoms with Crippen molar-refractivity contribution < 1.29 is 4.79 Å². The second-order valence-corrected chi connectivity index (χ2v) is 8.10. The van der Waals surface area contributed by atoms with Crippen LogP contribution in [0, 0.1) is 0 Å². The first-order valence-electron chi connectivity index (χ1n) is 10.5. The van der Waals surface area contributed by atoms with Crippen LogP contribution in [-0.4, -0.2) is 52.8 Å². The van der Waals surface area contributed by atoms with Gasteiger partial charge in [0.15, 0.2) is 0 Å². The normalized spacial score (nSPS) is 18.0. The lowest BCUT2D eigenvalue weighted by atomic mass is 10.0. The molecule has 150 valence electrons. The predicted octanol–water partition coefficient (Wildman–Crippen LogP) is 2.34. The largest absolute Gasteiger partial charge is 0.371 e. The maximum Gasteiger partial charge on any atom is 0.226 e. The Labute approximate surface area is 167 Å². The van der Waals surface area contributed by atoms with Crippen LogP contribution in [0.2, 0.25) is 0 Å². The topological polar surface area (TPSA) is 53.4 Å². The maximum absolute atomic E-state index is 12.3. The summed E-state index contributed by atoms with van der Waals surface area (Å²) in [7, 11) is 1.95. The molecule has 2 saturated heterocycles. The average Bonchev–Trinajstić information content (AvgIpc) is 3.39. The van der Waals surface area contributed by atoms with Gasteiger partial charge in [0, 0.05) is 63.3 Å². The van der Waals surface area contributed by atoms with E-state index in [1.165, 1.54) is 11.3 Å². The molecular weight excluding hydrogens is 350 g/mol. The zero-order valence-corrected chi connectivity index (χ0v) is 16.8. The number of carbonyl (C=O) groups is 1. The molecule has 0 aliphatic carbocycles. The molecule has 1 amide bonds. The SMILES string of the molecule is Cn1cc(CNC2CCN(c3ccc(CC(=O)N4CCCC4)cc3)CC2)cn1. The minimum Gasteiger partial charge on any atom is -0.371 e. The van der Waals surface area contributed by atoms with Crippen molar-refractivity contribution in [2.24, 2.45) is 7.05 Å². The van der Waals surface area contributed by atoms with Gasteiger partial charge in [-0.3, -0.25) is 9.48 Å². The van der Waals surface area contributed by atoms with Crippen LogP contribution < -0.4 is 10.2 Å². The highest BCUT2D eigenvalue weighted by atomic mass is 16.2. The molecule has 0 unspecified atom stereocenters. The van der Waals surface area contributed by atoms with E-state index in [2.05, 4.69) is 45.8 Å². The molecule has 0 radical (unpaired) electrons. The third kappa shape index (κ3) is 4.73. The van der Waals surface area contributed by atoms with Crippen LogP contribution in [0.3, 0.4) is 0 Å². The molecule has 1 N–H and O–H groups in total. The second-order valence-electron chi connectivity index (χ2n) is 8.10. The van der Waals surface area contributed by atoms with Crippen LogP contribution in [0.5, 0.6) is 0 Å². The third-order valence-electron chi connectivity index (χ3n) is 5.96. The summed E-state index contributed by atoms with van der Waals surface area (Å²) in [6.07, 6.45) is 9.12. The van der Waals surface area contributed by atoms with Gasteiger partial charge in [-0.15, -0.1) is 0 Å². The first-order chi connectivity index (χ1) is 13.7. The van der Waals surface area contributed by atoms with Gasteiger partial charge in [-0.25, -0.2) is 0 Å². The van der Waals surface area contributed by atoms with Gasteiger partial charge in [0.05, 0.1) is 12.6 Å². The van der Waals surface area contributed by atoms with E-state index in [0.29, 0.717) is 12.5 Å². The number of likely N-dealkylation sites (tertiary alicyclic amines) is 1.